The molecule has 0 spiro atoms. The van der Waals surface area contributed by atoms with Gasteiger partial charge in [-0.2, -0.15) is 0 Å². The third-order valence-corrected chi connectivity index (χ3v) is 6.66. The van der Waals surface area contributed by atoms with Gasteiger partial charge in [0, 0.05) is 6.61 Å². The van der Waals surface area contributed by atoms with Crippen molar-refractivity contribution in [1.29, 1.82) is 0 Å². The number of benzene rings is 1. The molecule has 1 aliphatic heterocycles. The second-order valence-electron chi connectivity index (χ2n) is 5.49. The summed E-state index contributed by atoms with van der Waals surface area (Å²) in [5.74, 6) is 0. The quantitative estimate of drug-likeness (QED) is 0.732. The van der Waals surface area contributed by atoms with Crippen LogP contribution in [0.15, 0.2) is 12.1 Å². The predicted molar refractivity (Wildman–Crippen MR) is 79.5 cm³/mol. The summed E-state index contributed by atoms with van der Waals surface area (Å²) in [7, 11) is -0.448. The third-order valence-electron chi connectivity index (χ3n) is 4.23. The van der Waals surface area contributed by atoms with E-state index >= 15 is 0 Å². The van der Waals surface area contributed by atoms with E-state index in [1.165, 1.54) is 60.0 Å². The van der Waals surface area contributed by atoms with E-state index in [1.807, 2.05) is 0 Å². The van der Waals surface area contributed by atoms with E-state index in [-0.39, 0.29) is 0 Å². The number of aryl methyl sites for hydroxylation is 2. The molecule has 1 aromatic rings. The molecule has 1 heterocycles. The van der Waals surface area contributed by atoms with Gasteiger partial charge in [0.05, 0.1) is 0 Å². The van der Waals surface area contributed by atoms with Gasteiger partial charge in [-0.25, -0.2) is 0 Å². The summed E-state index contributed by atoms with van der Waals surface area (Å²) in [6.45, 7) is 7.73. The lowest BCUT2D eigenvalue weighted by Gasteiger charge is -2.20. The van der Waals surface area contributed by atoms with E-state index in [2.05, 4.69) is 32.9 Å². The van der Waals surface area contributed by atoms with Gasteiger partial charge < -0.3 is 4.43 Å². The van der Waals surface area contributed by atoms with Crippen LogP contribution < -0.4 is 0 Å². The minimum absolute atomic E-state index is 0.448. The fourth-order valence-electron chi connectivity index (χ4n) is 2.67. The van der Waals surface area contributed by atoms with Gasteiger partial charge in [0.1, 0.15) is 0 Å². The summed E-state index contributed by atoms with van der Waals surface area (Å²) in [6, 6.07) is 7.29. The molecule has 2 rings (SSSR count). The van der Waals surface area contributed by atoms with Gasteiger partial charge in [0.15, 0.2) is 0 Å². The summed E-state index contributed by atoms with van der Waals surface area (Å²) in [5.41, 5.74) is 5.92. The molecule has 1 saturated heterocycles. The molecule has 0 N–H and O–H groups in total. The highest BCUT2D eigenvalue weighted by Crippen LogP contribution is 2.21. The summed E-state index contributed by atoms with van der Waals surface area (Å²) in [4.78, 5) is 0. The van der Waals surface area contributed by atoms with Crippen LogP contribution in [0.1, 0.15) is 41.5 Å². The van der Waals surface area contributed by atoms with Gasteiger partial charge in [-0.15, -0.1) is 0 Å². The van der Waals surface area contributed by atoms with Gasteiger partial charge in [0.25, 0.3) is 0 Å². The molecule has 1 radical (unpaired) electrons. The average molecular weight is 261 g/mol. The summed E-state index contributed by atoms with van der Waals surface area (Å²) in [6.07, 6.45) is 5.21. The van der Waals surface area contributed by atoms with Gasteiger partial charge in [-0.1, -0.05) is 18.6 Å². The highest BCUT2D eigenvalue weighted by molar-refractivity contribution is 6.51. The SMILES string of the molecule is Cc1ccc(CCC[Si]2CCCCO2)c(C)c1C. The molecular weight excluding hydrogens is 236 g/mol. The zero-order valence-electron chi connectivity index (χ0n) is 12.0. The van der Waals surface area contributed by atoms with Crippen molar-refractivity contribution in [3.05, 3.63) is 34.4 Å². The number of hydrogen-bond acceptors (Lipinski definition) is 1. The van der Waals surface area contributed by atoms with E-state index in [1.54, 1.807) is 0 Å². The van der Waals surface area contributed by atoms with Crippen LogP contribution in [-0.4, -0.2) is 15.6 Å². The second kappa shape index (κ2) is 6.53. The molecule has 1 aliphatic rings. The first-order valence-corrected chi connectivity index (χ1v) is 9.04. The molecule has 1 fully saturated rings. The third kappa shape index (κ3) is 3.45. The monoisotopic (exact) mass is 261 g/mol. The Labute approximate surface area is 113 Å². The van der Waals surface area contributed by atoms with Crippen molar-refractivity contribution in [2.45, 2.75) is 58.5 Å². The molecule has 18 heavy (non-hydrogen) atoms. The maximum Gasteiger partial charge on any atom is 0.211 e. The zero-order valence-corrected chi connectivity index (χ0v) is 13.0. The molecule has 0 aliphatic carbocycles. The highest BCUT2D eigenvalue weighted by Gasteiger charge is 2.16. The minimum atomic E-state index is -0.448. The molecule has 0 atom stereocenters. The van der Waals surface area contributed by atoms with Crippen molar-refractivity contribution >= 4 is 9.04 Å². The van der Waals surface area contributed by atoms with Crippen LogP contribution in [0.4, 0.5) is 0 Å². The van der Waals surface area contributed by atoms with Crippen molar-refractivity contribution in [3.63, 3.8) is 0 Å². The fraction of sp³-hybridized carbons (Fsp3) is 0.625. The standard InChI is InChI=1S/C16H25OSi/c1-13-8-9-16(15(3)14(13)2)7-6-12-18-11-5-4-10-17-18/h8-9H,4-7,10-12H2,1-3H3. The Balaban J connectivity index is 1.84. The van der Waals surface area contributed by atoms with E-state index in [0.717, 1.165) is 6.61 Å². The molecule has 0 aromatic heterocycles. The summed E-state index contributed by atoms with van der Waals surface area (Å²) in [5, 5.41) is 0. The summed E-state index contributed by atoms with van der Waals surface area (Å²) < 4.78 is 5.89. The van der Waals surface area contributed by atoms with E-state index < -0.39 is 9.04 Å². The minimum Gasteiger partial charge on any atom is -0.417 e. The van der Waals surface area contributed by atoms with Gasteiger partial charge in [-0.05, 0) is 74.4 Å². The van der Waals surface area contributed by atoms with Crippen LogP contribution in [-0.2, 0) is 10.8 Å². The molecule has 0 saturated carbocycles. The Bertz CT molecular complexity index is 394. The first kappa shape index (κ1) is 13.8. The van der Waals surface area contributed by atoms with Crippen LogP contribution in [0.5, 0.6) is 0 Å². The Morgan fingerprint density at radius 2 is 1.94 bits per heavy atom. The van der Waals surface area contributed by atoms with Gasteiger partial charge in [-0.3, -0.25) is 0 Å². The van der Waals surface area contributed by atoms with Crippen molar-refractivity contribution in [1.82, 2.24) is 0 Å². The largest absolute Gasteiger partial charge is 0.417 e. The molecule has 0 bridgehead atoms. The smallest absolute Gasteiger partial charge is 0.211 e. The Hall–Kier alpha value is -0.603. The highest BCUT2D eigenvalue weighted by atomic mass is 28.3. The molecule has 1 aromatic carbocycles. The lowest BCUT2D eigenvalue weighted by molar-refractivity contribution is 0.286. The van der Waals surface area contributed by atoms with Crippen molar-refractivity contribution in [3.8, 4) is 0 Å². The Morgan fingerprint density at radius 1 is 1.11 bits per heavy atom. The van der Waals surface area contributed by atoms with Crippen LogP contribution in [0.25, 0.3) is 0 Å². The van der Waals surface area contributed by atoms with Crippen LogP contribution in [0, 0.1) is 20.8 Å². The van der Waals surface area contributed by atoms with E-state index in [9.17, 15) is 0 Å². The van der Waals surface area contributed by atoms with Gasteiger partial charge >= 0.3 is 0 Å². The van der Waals surface area contributed by atoms with Crippen molar-refractivity contribution in [2.24, 2.45) is 0 Å². The fourth-order valence-corrected chi connectivity index (χ4v) is 4.86. The van der Waals surface area contributed by atoms with Crippen molar-refractivity contribution < 1.29 is 4.43 Å². The van der Waals surface area contributed by atoms with E-state index in [4.69, 9.17) is 4.43 Å². The Kier molecular flexibility index (Phi) is 5.01. The average Bonchev–Trinajstić information content (AvgIpc) is 2.40. The maximum atomic E-state index is 5.89. The zero-order chi connectivity index (χ0) is 13.0. The molecule has 0 unspecified atom stereocenters. The normalized spacial score (nSPS) is 17.1. The molecular formula is C16H25OSi. The molecule has 0 amide bonds. The first-order chi connectivity index (χ1) is 8.68. The van der Waals surface area contributed by atoms with Crippen LogP contribution >= 0.6 is 0 Å². The second-order valence-corrected chi connectivity index (χ2v) is 7.86. The summed E-state index contributed by atoms with van der Waals surface area (Å²) >= 11 is 0. The number of rotatable bonds is 4. The predicted octanol–water partition coefficient (Wildman–Crippen LogP) is 4.35. The van der Waals surface area contributed by atoms with Crippen molar-refractivity contribution in [2.75, 3.05) is 6.61 Å². The first-order valence-electron chi connectivity index (χ1n) is 7.21. The molecule has 1 nitrogen and oxygen atoms in total. The van der Waals surface area contributed by atoms with Gasteiger partial charge in [0.2, 0.25) is 9.04 Å². The lowest BCUT2D eigenvalue weighted by atomic mass is 9.96. The van der Waals surface area contributed by atoms with Crippen LogP contribution in [0.2, 0.25) is 12.1 Å². The molecule has 99 valence electrons. The Morgan fingerprint density at radius 3 is 2.67 bits per heavy atom. The topological polar surface area (TPSA) is 9.23 Å². The maximum absolute atomic E-state index is 5.89. The molecule has 2 heteroatoms. The lowest BCUT2D eigenvalue weighted by Crippen LogP contribution is -2.22. The van der Waals surface area contributed by atoms with E-state index in [0.29, 0.717) is 0 Å². The number of hydrogen-bond donors (Lipinski definition) is 0. The van der Waals surface area contributed by atoms with Crippen LogP contribution in [0.3, 0.4) is 0 Å².